The van der Waals surface area contributed by atoms with Crippen molar-refractivity contribution in [3.63, 3.8) is 0 Å². The fourth-order valence-electron chi connectivity index (χ4n) is 3.39. The van der Waals surface area contributed by atoms with Crippen LogP contribution < -0.4 is 5.32 Å². The second-order valence-electron chi connectivity index (χ2n) is 7.86. The summed E-state index contributed by atoms with van der Waals surface area (Å²) in [7, 11) is 0. The Morgan fingerprint density at radius 3 is 2.67 bits per heavy atom. The molecule has 0 spiro atoms. The molecule has 1 unspecified atom stereocenters. The molecule has 0 saturated carbocycles. The van der Waals surface area contributed by atoms with Crippen LogP contribution in [0.1, 0.15) is 56.6 Å². The standard InChI is InChI=1S/C22H29N3O2/c1-5-14(4)22(27)25-21-19(10-13(2)3)23-20-17-8-6-15(12-26)11-16(17)7-9-18(20)24-21/h6,8,11,13-14,26H,5,7,9-10,12H2,1-4H3,(H,24,25,27). The first kappa shape index (κ1) is 19.5. The van der Waals surface area contributed by atoms with Gasteiger partial charge in [-0.3, -0.25) is 4.79 Å². The molecule has 1 aromatic heterocycles. The molecule has 2 N–H and O–H groups in total. The van der Waals surface area contributed by atoms with Gasteiger partial charge in [0.1, 0.15) is 0 Å². The van der Waals surface area contributed by atoms with Crippen LogP contribution in [0.2, 0.25) is 0 Å². The third-order valence-electron chi connectivity index (χ3n) is 5.18. The largest absolute Gasteiger partial charge is 0.392 e. The highest BCUT2D eigenvalue weighted by molar-refractivity contribution is 5.92. The molecule has 144 valence electrons. The van der Waals surface area contributed by atoms with Crippen LogP contribution in [0.15, 0.2) is 18.2 Å². The minimum absolute atomic E-state index is 0.000512. The number of benzene rings is 1. The lowest BCUT2D eigenvalue weighted by atomic mass is 9.90. The minimum atomic E-state index is -0.0487. The number of carbonyl (C=O) groups is 1. The summed E-state index contributed by atoms with van der Waals surface area (Å²) in [5.41, 5.74) is 5.91. The molecule has 1 heterocycles. The van der Waals surface area contributed by atoms with Crippen LogP contribution in [0.25, 0.3) is 11.3 Å². The van der Waals surface area contributed by atoms with Crippen molar-refractivity contribution in [1.82, 2.24) is 9.97 Å². The predicted molar refractivity (Wildman–Crippen MR) is 107 cm³/mol. The molecule has 5 nitrogen and oxygen atoms in total. The van der Waals surface area contributed by atoms with Crippen LogP contribution in [-0.2, 0) is 30.7 Å². The van der Waals surface area contributed by atoms with E-state index in [1.807, 2.05) is 26.0 Å². The average molecular weight is 367 g/mol. The molecular formula is C22H29N3O2. The van der Waals surface area contributed by atoms with E-state index in [-0.39, 0.29) is 18.4 Å². The van der Waals surface area contributed by atoms with Gasteiger partial charge in [0.15, 0.2) is 5.82 Å². The average Bonchev–Trinajstić information content (AvgIpc) is 2.66. The van der Waals surface area contributed by atoms with Gasteiger partial charge in [0.2, 0.25) is 5.91 Å². The van der Waals surface area contributed by atoms with Crippen molar-refractivity contribution in [2.24, 2.45) is 11.8 Å². The Morgan fingerprint density at radius 1 is 1.22 bits per heavy atom. The lowest BCUT2D eigenvalue weighted by Crippen LogP contribution is -2.23. The van der Waals surface area contributed by atoms with Crippen LogP contribution in [0.3, 0.4) is 0 Å². The maximum atomic E-state index is 12.4. The van der Waals surface area contributed by atoms with Gasteiger partial charge in [-0.2, -0.15) is 0 Å². The van der Waals surface area contributed by atoms with Crippen LogP contribution in [0.5, 0.6) is 0 Å². The van der Waals surface area contributed by atoms with Gasteiger partial charge < -0.3 is 10.4 Å². The number of hydrogen-bond donors (Lipinski definition) is 2. The van der Waals surface area contributed by atoms with E-state index < -0.39 is 0 Å². The number of nitrogens with one attached hydrogen (secondary N) is 1. The molecule has 1 amide bonds. The van der Waals surface area contributed by atoms with E-state index in [4.69, 9.17) is 9.97 Å². The number of hydrogen-bond acceptors (Lipinski definition) is 4. The van der Waals surface area contributed by atoms with E-state index in [1.54, 1.807) is 0 Å². The Morgan fingerprint density at radius 2 is 2.00 bits per heavy atom. The maximum Gasteiger partial charge on any atom is 0.228 e. The van der Waals surface area contributed by atoms with Gasteiger partial charge in [-0.1, -0.05) is 45.9 Å². The molecule has 27 heavy (non-hydrogen) atoms. The van der Waals surface area contributed by atoms with Gasteiger partial charge in [0.25, 0.3) is 0 Å². The third kappa shape index (κ3) is 4.19. The van der Waals surface area contributed by atoms with Gasteiger partial charge >= 0.3 is 0 Å². The molecule has 0 fully saturated rings. The molecule has 0 aliphatic heterocycles. The van der Waals surface area contributed by atoms with Gasteiger partial charge in [-0.25, -0.2) is 9.97 Å². The zero-order chi connectivity index (χ0) is 19.6. The van der Waals surface area contributed by atoms with Crippen LogP contribution in [0, 0.1) is 11.8 Å². The molecule has 0 bridgehead atoms. The number of aliphatic hydroxyl groups is 1. The summed E-state index contributed by atoms with van der Waals surface area (Å²) in [5.74, 6) is 0.979. The number of aliphatic hydroxyl groups excluding tert-OH is 1. The van der Waals surface area contributed by atoms with Crippen LogP contribution in [0.4, 0.5) is 5.82 Å². The molecular weight excluding hydrogens is 338 g/mol. The van der Waals surface area contributed by atoms with Crippen molar-refractivity contribution in [1.29, 1.82) is 0 Å². The Hall–Kier alpha value is -2.27. The number of aromatic nitrogens is 2. The predicted octanol–water partition coefficient (Wildman–Crippen LogP) is 3.92. The monoisotopic (exact) mass is 367 g/mol. The number of aryl methyl sites for hydroxylation is 2. The smallest absolute Gasteiger partial charge is 0.228 e. The summed E-state index contributed by atoms with van der Waals surface area (Å²) >= 11 is 0. The second-order valence-corrected chi connectivity index (χ2v) is 7.86. The van der Waals surface area contributed by atoms with Crippen molar-refractivity contribution in [3.8, 4) is 11.3 Å². The molecule has 5 heteroatoms. The maximum absolute atomic E-state index is 12.4. The SMILES string of the molecule is CCC(C)C(=O)Nc1nc2c(nc1CC(C)C)-c1ccc(CO)cc1CC2. The fraction of sp³-hybridized carbons (Fsp3) is 0.500. The van der Waals surface area contributed by atoms with E-state index in [2.05, 4.69) is 25.2 Å². The lowest BCUT2D eigenvalue weighted by molar-refractivity contribution is -0.119. The molecule has 1 aromatic carbocycles. The quantitative estimate of drug-likeness (QED) is 0.811. The number of rotatable bonds is 6. The van der Waals surface area contributed by atoms with Gasteiger partial charge in [0, 0.05) is 11.5 Å². The second kappa shape index (κ2) is 8.17. The zero-order valence-electron chi connectivity index (χ0n) is 16.7. The molecule has 1 aliphatic carbocycles. The van der Waals surface area contributed by atoms with Crippen molar-refractivity contribution in [2.45, 2.75) is 60.0 Å². The highest BCUT2D eigenvalue weighted by atomic mass is 16.3. The van der Waals surface area contributed by atoms with Crippen molar-refractivity contribution in [2.75, 3.05) is 5.32 Å². The molecule has 1 aliphatic rings. The summed E-state index contributed by atoms with van der Waals surface area (Å²) in [6.07, 6.45) is 3.22. The molecule has 0 radical (unpaired) electrons. The lowest BCUT2D eigenvalue weighted by Gasteiger charge is -2.22. The van der Waals surface area contributed by atoms with Crippen LogP contribution >= 0.6 is 0 Å². The first-order chi connectivity index (χ1) is 12.9. The topological polar surface area (TPSA) is 75.1 Å². The van der Waals surface area contributed by atoms with Gasteiger partial charge in [-0.15, -0.1) is 0 Å². The Bertz CT molecular complexity index is 846. The number of amides is 1. The number of anilines is 1. The van der Waals surface area contributed by atoms with E-state index in [1.165, 1.54) is 5.56 Å². The first-order valence-corrected chi connectivity index (χ1v) is 9.86. The summed E-state index contributed by atoms with van der Waals surface area (Å²) in [6, 6.07) is 6.03. The zero-order valence-corrected chi connectivity index (χ0v) is 16.7. The fourth-order valence-corrected chi connectivity index (χ4v) is 3.39. The van der Waals surface area contributed by atoms with E-state index >= 15 is 0 Å². The van der Waals surface area contributed by atoms with Crippen molar-refractivity contribution >= 4 is 11.7 Å². The Labute approximate surface area is 161 Å². The summed E-state index contributed by atoms with van der Waals surface area (Å²) in [5, 5.41) is 12.4. The minimum Gasteiger partial charge on any atom is -0.392 e. The Kier molecular flexibility index (Phi) is 5.90. The summed E-state index contributed by atoms with van der Waals surface area (Å²) in [6.45, 7) is 8.27. The van der Waals surface area contributed by atoms with Crippen molar-refractivity contribution in [3.05, 3.63) is 40.7 Å². The normalized spacial score (nSPS) is 13.9. The van der Waals surface area contributed by atoms with Crippen LogP contribution in [-0.4, -0.2) is 21.0 Å². The molecule has 3 rings (SSSR count). The molecule has 2 aromatic rings. The van der Waals surface area contributed by atoms with Gasteiger partial charge in [0.05, 0.1) is 23.7 Å². The molecule has 1 atom stereocenters. The van der Waals surface area contributed by atoms with E-state index in [0.717, 1.165) is 53.9 Å². The van der Waals surface area contributed by atoms with E-state index in [0.29, 0.717) is 11.7 Å². The summed E-state index contributed by atoms with van der Waals surface area (Å²) < 4.78 is 0. The number of nitrogens with zero attached hydrogens (tertiary/aromatic N) is 2. The van der Waals surface area contributed by atoms with E-state index in [9.17, 15) is 9.90 Å². The van der Waals surface area contributed by atoms with Gasteiger partial charge in [-0.05, 0) is 42.7 Å². The molecule has 0 saturated heterocycles. The first-order valence-electron chi connectivity index (χ1n) is 9.86. The third-order valence-corrected chi connectivity index (χ3v) is 5.18. The highest BCUT2D eigenvalue weighted by Gasteiger charge is 2.23. The Balaban J connectivity index is 2.04. The number of carbonyl (C=O) groups excluding carboxylic acids is 1. The number of fused-ring (bicyclic) bond motifs is 3. The van der Waals surface area contributed by atoms with Crippen molar-refractivity contribution < 1.29 is 9.90 Å². The summed E-state index contributed by atoms with van der Waals surface area (Å²) in [4.78, 5) is 22.2. The highest BCUT2D eigenvalue weighted by Crippen LogP contribution is 2.34.